The molecule has 0 fully saturated rings. The van der Waals surface area contributed by atoms with Gasteiger partial charge in [-0.15, -0.1) is 5.92 Å². The van der Waals surface area contributed by atoms with Crippen molar-refractivity contribution in [3.8, 4) is 11.8 Å². The SMILES string of the molecule is Cc1ccc(S(=O)(=O)OCC#CCCCC(C)O[Si](C)(C)C(C)(C)C)cc1. The standard InChI is InChI=1S/C21H34O4SSi/c1-18-13-15-20(16-14-18)26(22,23)24-17-11-9-8-10-12-19(2)25-27(6,7)21(3,4)5/h13-16,19H,8,10,12,17H2,1-7H3. The number of rotatable bonds is 8. The van der Waals surface area contributed by atoms with Crippen LogP contribution in [0.3, 0.4) is 0 Å². The van der Waals surface area contributed by atoms with Crippen molar-refractivity contribution in [2.24, 2.45) is 0 Å². The largest absolute Gasteiger partial charge is 0.414 e. The van der Waals surface area contributed by atoms with Gasteiger partial charge in [0.05, 0.1) is 4.90 Å². The smallest absolute Gasteiger partial charge is 0.297 e. The first-order valence-corrected chi connectivity index (χ1v) is 13.8. The summed E-state index contributed by atoms with van der Waals surface area (Å²) in [4.78, 5) is 0.159. The molecule has 0 radical (unpaired) electrons. The zero-order valence-corrected chi connectivity index (χ0v) is 19.6. The van der Waals surface area contributed by atoms with Gasteiger partial charge in [-0.2, -0.15) is 8.42 Å². The van der Waals surface area contributed by atoms with Crippen LogP contribution in [0.15, 0.2) is 29.2 Å². The summed E-state index contributed by atoms with van der Waals surface area (Å²) < 4.78 is 35.4. The molecule has 0 saturated heterocycles. The van der Waals surface area contributed by atoms with Gasteiger partial charge in [-0.3, -0.25) is 4.18 Å². The quantitative estimate of drug-likeness (QED) is 0.253. The minimum absolute atomic E-state index is 0.119. The average Bonchev–Trinajstić information content (AvgIpc) is 2.52. The lowest BCUT2D eigenvalue weighted by molar-refractivity contribution is 0.187. The highest BCUT2D eigenvalue weighted by molar-refractivity contribution is 7.86. The molecule has 1 atom stereocenters. The first-order valence-electron chi connectivity index (χ1n) is 9.45. The van der Waals surface area contributed by atoms with Crippen molar-refractivity contribution in [2.45, 2.75) is 83.0 Å². The molecule has 0 aromatic heterocycles. The van der Waals surface area contributed by atoms with Crippen LogP contribution in [0.2, 0.25) is 18.1 Å². The van der Waals surface area contributed by atoms with Gasteiger partial charge in [0.25, 0.3) is 10.1 Å². The summed E-state index contributed by atoms with van der Waals surface area (Å²) in [5, 5.41) is 0.210. The zero-order chi connectivity index (χ0) is 20.7. The van der Waals surface area contributed by atoms with Crippen molar-refractivity contribution in [1.82, 2.24) is 0 Å². The van der Waals surface area contributed by atoms with Gasteiger partial charge < -0.3 is 4.43 Å². The summed E-state index contributed by atoms with van der Waals surface area (Å²) in [6, 6.07) is 6.58. The van der Waals surface area contributed by atoms with Crippen LogP contribution in [0.4, 0.5) is 0 Å². The molecule has 0 spiro atoms. The molecule has 1 unspecified atom stereocenters. The van der Waals surface area contributed by atoms with Crippen LogP contribution in [0.25, 0.3) is 0 Å². The maximum atomic E-state index is 12.0. The predicted molar refractivity (Wildman–Crippen MR) is 114 cm³/mol. The van der Waals surface area contributed by atoms with E-state index in [1.54, 1.807) is 24.3 Å². The predicted octanol–water partition coefficient (Wildman–Crippen LogP) is 5.28. The first kappa shape index (κ1) is 23.9. The summed E-state index contributed by atoms with van der Waals surface area (Å²) in [5.41, 5.74) is 1.00. The molecule has 1 aromatic carbocycles. The Bertz CT molecular complexity index is 750. The van der Waals surface area contributed by atoms with Crippen LogP contribution in [0.5, 0.6) is 0 Å². The fourth-order valence-corrected chi connectivity index (χ4v) is 4.53. The Labute approximate surface area is 166 Å². The molecule has 27 heavy (non-hydrogen) atoms. The van der Waals surface area contributed by atoms with E-state index < -0.39 is 18.4 Å². The molecule has 1 rings (SSSR count). The molecule has 152 valence electrons. The highest BCUT2D eigenvalue weighted by atomic mass is 32.2. The van der Waals surface area contributed by atoms with Gasteiger partial charge in [0, 0.05) is 12.5 Å². The van der Waals surface area contributed by atoms with E-state index in [9.17, 15) is 8.42 Å². The van der Waals surface area contributed by atoms with E-state index in [2.05, 4.69) is 52.6 Å². The fraction of sp³-hybridized carbons (Fsp3) is 0.619. The molecule has 0 saturated carbocycles. The van der Waals surface area contributed by atoms with Gasteiger partial charge in [0.15, 0.2) is 8.32 Å². The van der Waals surface area contributed by atoms with E-state index in [4.69, 9.17) is 8.61 Å². The van der Waals surface area contributed by atoms with Crippen LogP contribution >= 0.6 is 0 Å². The second-order valence-corrected chi connectivity index (χ2v) is 14.8. The Hall–Kier alpha value is -1.13. The molecular formula is C21H34O4SSi. The van der Waals surface area contributed by atoms with Gasteiger partial charge in [0.2, 0.25) is 0 Å². The maximum Gasteiger partial charge on any atom is 0.297 e. The van der Waals surface area contributed by atoms with Crippen LogP contribution in [0.1, 0.15) is 52.5 Å². The number of hydrogen-bond acceptors (Lipinski definition) is 4. The second-order valence-electron chi connectivity index (χ2n) is 8.46. The van der Waals surface area contributed by atoms with E-state index in [0.29, 0.717) is 6.42 Å². The molecule has 0 heterocycles. The van der Waals surface area contributed by atoms with Crippen LogP contribution in [-0.2, 0) is 18.7 Å². The lowest BCUT2D eigenvalue weighted by atomic mass is 10.2. The van der Waals surface area contributed by atoms with Gasteiger partial charge in [-0.25, -0.2) is 0 Å². The van der Waals surface area contributed by atoms with Crippen LogP contribution in [-0.4, -0.2) is 29.4 Å². The third kappa shape index (κ3) is 8.18. The fourth-order valence-electron chi connectivity index (χ4n) is 2.24. The Morgan fingerprint density at radius 3 is 2.26 bits per heavy atom. The number of aryl methyl sites for hydroxylation is 1. The third-order valence-electron chi connectivity index (χ3n) is 4.94. The van der Waals surface area contributed by atoms with E-state index in [0.717, 1.165) is 18.4 Å². The second kappa shape index (κ2) is 9.88. The minimum Gasteiger partial charge on any atom is -0.414 e. The lowest BCUT2D eigenvalue weighted by Gasteiger charge is -2.38. The summed E-state index contributed by atoms with van der Waals surface area (Å²) in [6.45, 7) is 15.1. The van der Waals surface area contributed by atoms with Crippen molar-refractivity contribution < 1.29 is 17.0 Å². The van der Waals surface area contributed by atoms with E-state index in [1.807, 2.05) is 6.92 Å². The molecular weight excluding hydrogens is 376 g/mol. The molecule has 0 bridgehead atoms. The maximum absolute atomic E-state index is 12.0. The van der Waals surface area contributed by atoms with Crippen molar-refractivity contribution in [1.29, 1.82) is 0 Å². The normalized spacial score (nSPS) is 13.7. The summed E-state index contributed by atoms with van der Waals surface area (Å²) in [6.07, 6.45) is 2.79. The lowest BCUT2D eigenvalue weighted by Crippen LogP contribution is -2.43. The first-order chi connectivity index (χ1) is 12.3. The molecule has 0 aliphatic rings. The van der Waals surface area contributed by atoms with Crippen molar-refractivity contribution in [3.05, 3.63) is 29.8 Å². The van der Waals surface area contributed by atoms with E-state index in [-0.39, 0.29) is 22.6 Å². The molecule has 0 amide bonds. The van der Waals surface area contributed by atoms with Gasteiger partial charge in [-0.05, 0) is 57.0 Å². The summed E-state index contributed by atoms with van der Waals surface area (Å²) in [5.74, 6) is 5.77. The van der Waals surface area contributed by atoms with E-state index in [1.165, 1.54) is 0 Å². The van der Waals surface area contributed by atoms with Crippen LogP contribution < -0.4 is 0 Å². The zero-order valence-electron chi connectivity index (χ0n) is 17.8. The number of hydrogen-bond donors (Lipinski definition) is 0. The summed E-state index contributed by atoms with van der Waals surface area (Å²) in [7, 11) is -5.46. The monoisotopic (exact) mass is 410 g/mol. The Balaban J connectivity index is 2.34. The van der Waals surface area contributed by atoms with E-state index >= 15 is 0 Å². The number of unbranched alkanes of at least 4 members (excludes halogenated alkanes) is 1. The molecule has 1 aromatic rings. The van der Waals surface area contributed by atoms with Crippen molar-refractivity contribution in [3.63, 3.8) is 0 Å². The Kier molecular flexibility index (Phi) is 8.75. The topological polar surface area (TPSA) is 52.6 Å². The van der Waals surface area contributed by atoms with Crippen molar-refractivity contribution >= 4 is 18.4 Å². The third-order valence-corrected chi connectivity index (χ3v) is 10.8. The molecule has 6 heteroatoms. The molecule has 0 aliphatic carbocycles. The minimum atomic E-state index is -3.74. The summed E-state index contributed by atoms with van der Waals surface area (Å²) >= 11 is 0. The van der Waals surface area contributed by atoms with Gasteiger partial charge >= 0.3 is 0 Å². The van der Waals surface area contributed by atoms with Crippen LogP contribution in [0, 0.1) is 18.8 Å². The highest BCUT2D eigenvalue weighted by Crippen LogP contribution is 2.37. The molecule has 4 nitrogen and oxygen atoms in total. The van der Waals surface area contributed by atoms with Crippen molar-refractivity contribution in [2.75, 3.05) is 6.61 Å². The number of benzene rings is 1. The van der Waals surface area contributed by atoms with Gasteiger partial charge in [0.1, 0.15) is 6.61 Å². The molecule has 0 aliphatic heterocycles. The van der Waals surface area contributed by atoms with Gasteiger partial charge in [-0.1, -0.05) is 44.4 Å². The molecule has 0 N–H and O–H groups in total. The highest BCUT2D eigenvalue weighted by Gasteiger charge is 2.38. The average molecular weight is 411 g/mol. The Morgan fingerprint density at radius 1 is 1.11 bits per heavy atom. The Morgan fingerprint density at radius 2 is 1.70 bits per heavy atom.